The van der Waals surface area contributed by atoms with Gasteiger partial charge in [0.25, 0.3) is 0 Å². The lowest BCUT2D eigenvalue weighted by Gasteiger charge is -2.28. The minimum atomic E-state index is 0.537. The Labute approximate surface area is 170 Å². The van der Waals surface area contributed by atoms with Crippen molar-refractivity contribution in [1.82, 2.24) is 9.88 Å². The number of nitrogens with zero attached hydrogens (tertiary/aromatic N) is 3. The number of thioether (sulfide) groups is 1. The summed E-state index contributed by atoms with van der Waals surface area (Å²) in [5.74, 6) is 2.53. The van der Waals surface area contributed by atoms with Gasteiger partial charge in [-0.05, 0) is 36.1 Å². The second kappa shape index (κ2) is 8.72. The maximum atomic E-state index is 10.0. The van der Waals surface area contributed by atoms with Crippen LogP contribution in [-0.4, -0.2) is 50.6 Å². The van der Waals surface area contributed by atoms with Gasteiger partial charge in [-0.15, -0.1) is 11.8 Å². The summed E-state index contributed by atoms with van der Waals surface area (Å²) in [6.45, 7) is 3.77. The van der Waals surface area contributed by atoms with Crippen LogP contribution in [0.3, 0.4) is 0 Å². The minimum Gasteiger partial charge on any atom is -0.493 e. The lowest BCUT2D eigenvalue weighted by molar-refractivity contribution is 0.309. The molecule has 0 amide bonds. The van der Waals surface area contributed by atoms with Gasteiger partial charge < -0.3 is 19.1 Å². The topological polar surface area (TPSA) is 67.6 Å². The standard InChI is InChI=1S/C21H25N3O3S/c1-6-28-21-14(11-22)19(15-12-24(2)8-7-16(15)23-21)13-9-17(25-3)20(27-5)18(10-13)26-4/h9-10H,6-8,12H2,1-5H3. The molecule has 28 heavy (non-hydrogen) atoms. The predicted molar refractivity (Wildman–Crippen MR) is 110 cm³/mol. The van der Waals surface area contributed by atoms with Crippen LogP contribution in [0.1, 0.15) is 23.7 Å². The third-order valence-corrected chi connectivity index (χ3v) is 5.71. The summed E-state index contributed by atoms with van der Waals surface area (Å²) in [5, 5.41) is 10.8. The number of benzene rings is 1. The Hall–Kier alpha value is -2.43. The van der Waals surface area contributed by atoms with Gasteiger partial charge in [-0.3, -0.25) is 0 Å². The number of pyridine rings is 1. The molecule has 0 N–H and O–H groups in total. The van der Waals surface area contributed by atoms with Crippen LogP contribution in [0.5, 0.6) is 17.2 Å². The number of hydrogen-bond donors (Lipinski definition) is 0. The van der Waals surface area contributed by atoms with Crippen molar-refractivity contribution in [3.8, 4) is 34.4 Å². The van der Waals surface area contributed by atoms with Crippen LogP contribution in [0.4, 0.5) is 0 Å². The van der Waals surface area contributed by atoms with Gasteiger partial charge in [-0.2, -0.15) is 5.26 Å². The zero-order valence-corrected chi connectivity index (χ0v) is 17.8. The molecule has 2 heterocycles. The molecule has 0 radical (unpaired) electrons. The highest BCUT2D eigenvalue weighted by atomic mass is 32.2. The van der Waals surface area contributed by atoms with E-state index in [0.717, 1.165) is 52.7 Å². The number of aromatic nitrogens is 1. The van der Waals surface area contributed by atoms with E-state index in [1.54, 1.807) is 33.1 Å². The third-order valence-electron chi connectivity index (χ3n) is 4.86. The largest absolute Gasteiger partial charge is 0.493 e. The van der Waals surface area contributed by atoms with Crippen molar-refractivity contribution in [2.75, 3.05) is 40.7 Å². The fourth-order valence-electron chi connectivity index (χ4n) is 3.56. The van der Waals surface area contributed by atoms with Crippen molar-refractivity contribution in [3.63, 3.8) is 0 Å². The Bertz CT molecular complexity index is 899. The molecule has 0 spiro atoms. The van der Waals surface area contributed by atoms with E-state index in [4.69, 9.17) is 19.2 Å². The van der Waals surface area contributed by atoms with E-state index in [9.17, 15) is 5.26 Å². The quantitative estimate of drug-likeness (QED) is 0.685. The van der Waals surface area contributed by atoms with Gasteiger partial charge in [0, 0.05) is 30.8 Å². The highest BCUT2D eigenvalue weighted by Crippen LogP contribution is 2.44. The van der Waals surface area contributed by atoms with Crippen LogP contribution in [0.2, 0.25) is 0 Å². The molecular formula is C21H25N3O3S. The van der Waals surface area contributed by atoms with Crippen LogP contribution in [-0.2, 0) is 13.0 Å². The number of methoxy groups -OCH3 is 3. The monoisotopic (exact) mass is 399 g/mol. The summed E-state index contributed by atoms with van der Waals surface area (Å²) in [4.78, 5) is 7.09. The van der Waals surface area contributed by atoms with Gasteiger partial charge in [-0.25, -0.2) is 4.98 Å². The first kappa shape index (κ1) is 20.3. The predicted octanol–water partition coefficient (Wildman–Crippen LogP) is 3.75. The summed E-state index contributed by atoms with van der Waals surface area (Å²) in [6, 6.07) is 6.22. The van der Waals surface area contributed by atoms with Crippen LogP contribution < -0.4 is 14.2 Å². The van der Waals surface area contributed by atoms with Gasteiger partial charge in [0.15, 0.2) is 11.5 Å². The number of hydrogen-bond acceptors (Lipinski definition) is 7. The van der Waals surface area contributed by atoms with E-state index in [0.29, 0.717) is 22.8 Å². The zero-order valence-electron chi connectivity index (χ0n) is 17.0. The molecule has 3 rings (SSSR count). The van der Waals surface area contributed by atoms with Crippen molar-refractivity contribution in [3.05, 3.63) is 29.0 Å². The number of fused-ring (bicyclic) bond motifs is 1. The summed E-state index contributed by atoms with van der Waals surface area (Å²) < 4.78 is 16.5. The van der Waals surface area contributed by atoms with Gasteiger partial charge in [0.2, 0.25) is 5.75 Å². The lowest BCUT2D eigenvalue weighted by atomic mass is 9.91. The summed E-state index contributed by atoms with van der Waals surface area (Å²) in [6.07, 6.45) is 0.867. The van der Waals surface area contributed by atoms with Crippen LogP contribution in [0, 0.1) is 11.3 Å². The van der Waals surface area contributed by atoms with Crippen molar-refractivity contribution < 1.29 is 14.2 Å². The van der Waals surface area contributed by atoms with E-state index in [1.807, 2.05) is 12.1 Å². The molecule has 0 fully saturated rings. The number of likely N-dealkylation sites (N-methyl/N-ethyl adjacent to an activating group) is 1. The normalized spacial score (nSPS) is 13.6. The summed E-state index contributed by atoms with van der Waals surface area (Å²) in [5.41, 5.74) is 4.55. The van der Waals surface area contributed by atoms with Gasteiger partial charge in [-0.1, -0.05) is 6.92 Å². The Morgan fingerprint density at radius 2 is 1.86 bits per heavy atom. The van der Waals surface area contributed by atoms with Crippen LogP contribution in [0.15, 0.2) is 17.2 Å². The molecule has 7 heteroatoms. The third kappa shape index (κ3) is 3.62. The molecule has 1 aliphatic rings. The van der Waals surface area contributed by atoms with Crippen molar-refractivity contribution in [2.45, 2.75) is 24.9 Å². The van der Waals surface area contributed by atoms with Crippen LogP contribution >= 0.6 is 11.8 Å². The lowest BCUT2D eigenvalue weighted by Crippen LogP contribution is -2.28. The Kier molecular flexibility index (Phi) is 6.32. The zero-order chi connectivity index (χ0) is 20.3. The van der Waals surface area contributed by atoms with E-state index in [2.05, 4.69) is 24.9 Å². The molecule has 0 unspecified atom stereocenters. The molecule has 1 aromatic heterocycles. The highest BCUT2D eigenvalue weighted by Gasteiger charge is 2.26. The second-order valence-corrected chi connectivity index (χ2v) is 7.79. The molecule has 148 valence electrons. The molecule has 1 aromatic carbocycles. The Morgan fingerprint density at radius 3 is 2.39 bits per heavy atom. The van der Waals surface area contributed by atoms with Gasteiger partial charge >= 0.3 is 0 Å². The fraction of sp³-hybridized carbons (Fsp3) is 0.429. The molecule has 0 atom stereocenters. The fourth-order valence-corrected chi connectivity index (χ4v) is 4.30. The van der Waals surface area contributed by atoms with Gasteiger partial charge in [0.1, 0.15) is 11.1 Å². The first-order chi connectivity index (χ1) is 13.6. The average Bonchev–Trinajstić information content (AvgIpc) is 2.72. The van der Waals surface area contributed by atoms with Crippen molar-refractivity contribution >= 4 is 11.8 Å². The smallest absolute Gasteiger partial charge is 0.203 e. The summed E-state index contributed by atoms with van der Waals surface area (Å²) in [7, 11) is 6.86. The number of nitriles is 1. The summed E-state index contributed by atoms with van der Waals surface area (Å²) >= 11 is 1.60. The van der Waals surface area contributed by atoms with Crippen molar-refractivity contribution in [2.24, 2.45) is 0 Å². The maximum Gasteiger partial charge on any atom is 0.203 e. The molecule has 1 aliphatic heterocycles. The molecule has 0 saturated carbocycles. The minimum absolute atomic E-state index is 0.537. The Balaban J connectivity index is 2.34. The molecule has 2 aromatic rings. The van der Waals surface area contributed by atoms with E-state index in [-0.39, 0.29) is 0 Å². The SMILES string of the molecule is CCSc1nc2c(c(-c3cc(OC)c(OC)c(OC)c3)c1C#N)CN(C)CC2. The maximum absolute atomic E-state index is 10.0. The average molecular weight is 400 g/mol. The molecule has 0 saturated heterocycles. The second-order valence-electron chi connectivity index (χ2n) is 6.54. The highest BCUT2D eigenvalue weighted by molar-refractivity contribution is 7.99. The number of ether oxygens (including phenoxy) is 3. The molecule has 0 aliphatic carbocycles. The van der Waals surface area contributed by atoms with E-state index in [1.165, 1.54) is 0 Å². The van der Waals surface area contributed by atoms with Crippen LogP contribution in [0.25, 0.3) is 11.1 Å². The number of rotatable bonds is 6. The first-order valence-corrected chi connectivity index (χ1v) is 10.1. The Morgan fingerprint density at radius 1 is 1.18 bits per heavy atom. The van der Waals surface area contributed by atoms with E-state index < -0.39 is 0 Å². The first-order valence-electron chi connectivity index (χ1n) is 9.15. The molecular weight excluding hydrogens is 374 g/mol. The van der Waals surface area contributed by atoms with E-state index >= 15 is 0 Å². The molecule has 0 bridgehead atoms. The molecule has 6 nitrogen and oxygen atoms in total. The van der Waals surface area contributed by atoms with Gasteiger partial charge in [0.05, 0.1) is 26.9 Å². The van der Waals surface area contributed by atoms with Crippen molar-refractivity contribution in [1.29, 1.82) is 5.26 Å².